The maximum Gasteiger partial charge on any atom is 0.255 e. The number of rotatable bonds is 6. The quantitative estimate of drug-likeness (QED) is 0.454. The third kappa shape index (κ3) is 4.59. The summed E-state index contributed by atoms with van der Waals surface area (Å²) in [5.41, 5.74) is 3.74. The van der Waals surface area contributed by atoms with E-state index in [1.54, 1.807) is 11.0 Å². The number of piperidine rings is 1. The fraction of sp³-hybridized carbons (Fsp3) is 0.438. The van der Waals surface area contributed by atoms with Crippen LogP contribution in [0.1, 0.15) is 47.2 Å². The Morgan fingerprint density at radius 1 is 1.00 bits per heavy atom. The highest BCUT2D eigenvalue weighted by atomic mass is 16.5. The minimum atomic E-state index is -0.612. The van der Waals surface area contributed by atoms with E-state index < -0.39 is 11.9 Å². The van der Waals surface area contributed by atoms with E-state index in [0.29, 0.717) is 30.7 Å². The van der Waals surface area contributed by atoms with Crippen LogP contribution in [0.3, 0.4) is 0 Å². The molecule has 10 heteroatoms. The van der Waals surface area contributed by atoms with E-state index in [2.05, 4.69) is 45.4 Å². The third-order valence-corrected chi connectivity index (χ3v) is 9.37. The number of fused-ring (bicyclic) bond motifs is 4. The molecule has 4 saturated heterocycles. The Hall–Kier alpha value is -4.02. The molecule has 1 N–H and O–H groups in total. The molecule has 5 aliphatic rings. The van der Waals surface area contributed by atoms with Crippen LogP contribution in [0.5, 0.6) is 5.75 Å². The molecule has 4 fully saturated rings. The predicted octanol–water partition coefficient (Wildman–Crippen LogP) is 2.63. The van der Waals surface area contributed by atoms with Gasteiger partial charge in [0.2, 0.25) is 11.8 Å². The Balaban J connectivity index is 0.886. The van der Waals surface area contributed by atoms with E-state index >= 15 is 0 Å². The van der Waals surface area contributed by atoms with E-state index in [0.717, 1.165) is 73.7 Å². The van der Waals surface area contributed by atoms with Gasteiger partial charge in [0.15, 0.2) is 0 Å². The average Bonchev–Trinajstić information content (AvgIpc) is 3.78. The van der Waals surface area contributed by atoms with Gasteiger partial charge >= 0.3 is 0 Å². The maximum absolute atomic E-state index is 13.0. The zero-order chi connectivity index (χ0) is 28.4. The number of morpholine rings is 1. The summed E-state index contributed by atoms with van der Waals surface area (Å²) >= 11 is 0. The number of nitrogens with zero attached hydrogens (tertiary/aromatic N) is 4. The number of pyridine rings is 1. The molecule has 6 heterocycles. The predicted molar refractivity (Wildman–Crippen MR) is 154 cm³/mol. The summed E-state index contributed by atoms with van der Waals surface area (Å²) in [6, 6.07) is 16.3. The molecule has 0 spiro atoms. The van der Waals surface area contributed by atoms with Crippen LogP contribution in [-0.2, 0) is 27.4 Å². The van der Waals surface area contributed by atoms with Gasteiger partial charge in [0.25, 0.3) is 5.91 Å². The van der Waals surface area contributed by atoms with E-state index in [1.165, 1.54) is 5.56 Å². The van der Waals surface area contributed by atoms with Crippen molar-refractivity contribution in [3.63, 3.8) is 0 Å². The summed E-state index contributed by atoms with van der Waals surface area (Å²) in [4.78, 5) is 48.2. The molecule has 2 aromatic carbocycles. The summed E-state index contributed by atoms with van der Waals surface area (Å²) in [5.74, 6) is 0.937. The first kappa shape index (κ1) is 25.7. The molecule has 216 valence electrons. The Bertz CT molecular complexity index is 1610. The Labute approximate surface area is 243 Å². The number of carbonyl (C=O) groups excluding carboxylic acids is 3. The SMILES string of the molecule is O=C1CCC(N2Cc3cc(OC4CCN(Cc5ccc6nc(N7CC8CC7CO8)ccc6c5)C4)ccc3C2=O)C(=O)N1. The first-order valence-electron chi connectivity index (χ1n) is 14.9. The van der Waals surface area contributed by atoms with Crippen molar-refractivity contribution in [3.05, 3.63) is 65.2 Å². The second-order valence-electron chi connectivity index (χ2n) is 12.2. The molecular weight excluding hydrogens is 534 g/mol. The minimum absolute atomic E-state index is 0.0656. The molecule has 4 unspecified atom stereocenters. The topological polar surface area (TPSA) is 104 Å². The van der Waals surface area contributed by atoms with Gasteiger partial charge in [-0.15, -0.1) is 0 Å². The summed E-state index contributed by atoms with van der Waals surface area (Å²) in [6.07, 6.45) is 3.06. The molecule has 0 saturated carbocycles. The van der Waals surface area contributed by atoms with Gasteiger partial charge in [0.05, 0.1) is 24.3 Å². The van der Waals surface area contributed by atoms with Crippen molar-refractivity contribution in [3.8, 4) is 5.75 Å². The number of hydrogen-bond acceptors (Lipinski definition) is 8. The summed E-state index contributed by atoms with van der Waals surface area (Å²) in [7, 11) is 0. The van der Waals surface area contributed by atoms with E-state index in [4.69, 9.17) is 14.5 Å². The van der Waals surface area contributed by atoms with E-state index in [1.807, 2.05) is 12.1 Å². The lowest BCUT2D eigenvalue weighted by molar-refractivity contribution is -0.136. The zero-order valence-corrected chi connectivity index (χ0v) is 23.3. The number of anilines is 1. The van der Waals surface area contributed by atoms with Crippen LogP contribution in [0.4, 0.5) is 5.82 Å². The number of hydrogen-bond donors (Lipinski definition) is 1. The molecule has 1 aromatic heterocycles. The number of benzene rings is 2. The average molecular weight is 568 g/mol. The lowest BCUT2D eigenvalue weighted by atomic mass is 10.0. The van der Waals surface area contributed by atoms with Crippen molar-refractivity contribution in [1.29, 1.82) is 0 Å². The normalized spacial score (nSPS) is 27.3. The summed E-state index contributed by atoms with van der Waals surface area (Å²) < 4.78 is 12.1. The second kappa shape index (κ2) is 10.1. The van der Waals surface area contributed by atoms with Gasteiger partial charge in [0, 0.05) is 50.1 Å². The van der Waals surface area contributed by atoms with Crippen molar-refractivity contribution >= 4 is 34.4 Å². The molecule has 8 rings (SSSR count). The van der Waals surface area contributed by atoms with Gasteiger partial charge in [-0.05, 0) is 72.9 Å². The number of ether oxygens (including phenoxy) is 2. The molecular formula is C32H33N5O5. The van der Waals surface area contributed by atoms with Gasteiger partial charge in [-0.3, -0.25) is 24.6 Å². The number of carbonyl (C=O) groups is 3. The number of nitrogens with one attached hydrogen (secondary N) is 1. The van der Waals surface area contributed by atoms with Crippen LogP contribution in [0, 0.1) is 0 Å². The third-order valence-electron chi connectivity index (χ3n) is 9.37. The molecule has 10 nitrogen and oxygen atoms in total. The zero-order valence-electron chi connectivity index (χ0n) is 23.3. The number of likely N-dealkylation sites (tertiary alicyclic amines) is 1. The summed E-state index contributed by atoms with van der Waals surface area (Å²) in [6.45, 7) is 4.72. The molecule has 5 aliphatic heterocycles. The molecule has 42 heavy (non-hydrogen) atoms. The minimum Gasteiger partial charge on any atom is -0.489 e. The fourth-order valence-electron chi connectivity index (χ4n) is 7.21. The molecule has 0 aliphatic carbocycles. The molecule has 0 radical (unpaired) electrons. The summed E-state index contributed by atoms with van der Waals surface area (Å²) in [5, 5.41) is 3.51. The standard InChI is InChI=1S/C32H33N5O5/c38-30-8-6-28(31(39)34-30)37-15-21-12-23(3-4-26(21)32(37)40)42-24-9-10-35(16-24)14-19-1-5-27-20(11-19)2-7-29(33-27)36-17-25-13-22(36)18-41-25/h1-5,7,11-12,22,24-25,28H,6,8-10,13-18H2,(H,34,38,39). The van der Waals surface area contributed by atoms with Crippen LogP contribution in [0.15, 0.2) is 48.5 Å². The number of aromatic nitrogens is 1. The smallest absolute Gasteiger partial charge is 0.255 e. The highest BCUT2D eigenvalue weighted by Gasteiger charge is 2.40. The van der Waals surface area contributed by atoms with Crippen LogP contribution in [0.2, 0.25) is 0 Å². The Morgan fingerprint density at radius 2 is 1.93 bits per heavy atom. The maximum atomic E-state index is 13.0. The van der Waals surface area contributed by atoms with Gasteiger partial charge in [0.1, 0.15) is 23.7 Å². The largest absolute Gasteiger partial charge is 0.489 e. The van der Waals surface area contributed by atoms with E-state index in [9.17, 15) is 14.4 Å². The lowest BCUT2D eigenvalue weighted by Crippen LogP contribution is -2.52. The lowest BCUT2D eigenvalue weighted by Gasteiger charge is -2.29. The van der Waals surface area contributed by atoms with Crippen LogP contribution in [-0.4, -0.2) is 83.0 Å². The highest BCUT2D eigenvalue weighted by Crippen LogP contribution is 2.33. The fourth-order valence-corrected chi connectivity index (χ4v) is 7.21. The van der Waals surface area contributed by atoms with Crippen molar-refractivity contribution in [1.82, 2.24) is 20.1 Å². The van der Waals surface area contributed by atoms with Gasteiger partial charge in [-0.2, -0.15) is 0 Å². The Kier molecular flexibility index (Phi) is 6.15. The van der Waals surface area contributed by atoms with Crippen molar-refractivity contribution in [2.45, 2.75) is 63.1 Å². The molecule has 3 aromatic rings. The van der Waals surface area contributed by atoms with Crippen LogP contribution < -0.4 is 15.0 Å². The van der Waals surface area contributed by atoms with Crippen molar-refractivity contribution in [2.75, 3.05) is 31.1 Å². The van der Waals surface area contributed by atoms with E-state index in [-0.39, 0.29) is 24.3 Å². The molecule has 2 bridgehead atoms. The van der Waals surface area contributed by atoms with Crippen LogP contribution >= 0.6 is 0 Å². The van der Waals surface area contributed by atoms with Crippen LogP contribution in [0.25, 0.3) is 10.9 Å². The van der Waals surface area contributed by atoms with Gasteiger partial charge in [-0.1, -0.05) is 6.07 Å². The monoisotopic (exact) mass is 567 g/mol. The Morgan fingerprint density at radius 3 is 2.76 bits per heavy atom. The molecule has 4 atom stereocenters. The van der Waals surface area contributed by atoms with Gasteiger partial charge in [-0.25, -0.2) is 4.98 Å². The first-order valence-corrected chi connectivity index (χ1v) is 14.9. The van der Waals surface area contributed by atoms with Crippen molar-refractivity contribution < 1.29 is 23.9 Å². The highest BCUT2D eigenvalue weighted by molar-refractivity contribution is 6.05. The van der Waals surface area contributed by atoms with Gasteiger partial charge < -0.3 is 19.3 Å². The first-order chi connectivity index (χ1) is 20.5. The second-order valence-corrected chi connectivity index (χ2v) is 12.2. The molecule has 3 amide bonds. The van der Waals surface area contributed by atoms with Crippen molar-refractivity contribution in [2.24, 2.45) is 0 Å². The number of amides is 3. The number of imide groups is 1.